The van der Waals surface area contributed by atoms with Crippen LogP contribution in [0.5, 0.6) is 5.75 Å². The molecule has 1 unspecified atom stereocenters. The Morgan fingerprint density at radius 2 is 2.08 bits per heavy atom. The summed E-state index contributed by atoms with van der Waals surface area (Å²) in [5, 5.41) is 17.1. The highest BCUT2D eigenvalue weighted by molar-refractivity contribution is 5.93. The van der Waals surface area contributed by atoms with Crippen molar-refractivity contribution in [2.45, 2.75) is 33.9 Å². The lowest BCUT2D eigenvalue weighted by Gasteiger charge is -2.15. The minimum absolute atomic E-state index is 0.0996. The van der Waals surface area contributed by atoms with Crippen molar-refractivity contribution in [3.63, 3.8) is 0 Å². The van der Waals surface area contributed by atoms with Crippen LogP contribution in [0.15, 0.2) is 24.3 Å². The predicted molar refractivity (Wildman–Crippen MR) is 89.2 cm³/mol. The zero-order valence-electron chi connectivity index (χ0n) is 14.4. The van der Waals surface area contributed by atoms with Gasteiger partial charge in [-0.2, -0.15) is 13.5 Å². The second-order valence-electron chi connectivity index (χ2n) is 5.85. The fraction of sp³-hybridized carbons (Fsp3) is 0.375. The highest BCUT2D eigenvalue weighted by Gasteiger charge is 2.22. The van der Waals surface area contributed by atoms with Crippen LogP contribution in [0.25, 0.3) is 0 Å². The number of nitrogens with zero attached hydrogens (tertiary/aromatic N) is 3. The summed E-state index contributed by atoms with van der Waals surface area (Å²) in [6.07, 6.45) is 0. The second kappa shape index (κ2) is 7.89. The molecule has 0 radical (unpaired) electrons. The van der Waals surface area contributed by atoms with Crippen molar-refractivity contribution in [2.24, 2.45) is 5.92 Å². The monoisotopic (exact) mass is 368 g/mol. The van der Waals surface area contributed by atoms with Gasteiger partial charge in [-0.1, -0.05) is 13.0 Å². The summed E-state index contributed by atoms with van der Waals surface area (Å²) >= 11 is 0. The number of aryl methyl sites for hydroxylation is 2. The van der Waals surface area contributed by atoms with E-state index in [1.165, 1.54) is 22.9 Å². The van der Waals surface area contributed by atoms with E-state index in [0.717, 1.165) is 5.56 Å². The number of benzene rings is 1. The number of hydrogen-bond acceptors (Lipinski definition) is 5. The normalized spacial score (nSPS) is 12.1. The minimum Gasteiger partial charge on any atom is -0.433 e. The maximum absolute atomic E-state index is 12.5. The first-order valence-electron chi connectivity index (χ1n) is 7.72. The van der Waals surface area contributed by atoms with Crippen LogP contribution in [0.4, 0.5) is 20.3 Å². The van der Waals surface area contributed by atoms with Gasteiger partial charge in [-0.3, -0.25) is 4.79 Å². The molecule has 2 rings (SSSR count). The summed E-state index contributed by atoms with van der Waals surface area (Å²) in [6, 6.07) is 5.76. The first-order valence-corrected chi connectivity index (χ1v) is 7.72. The number of carbonyl (C=O) groups excluding carboxylic acids is 1. The van der Waals surface area contributed by atoms with Crippen LogP contribution in [0.3, 0.4) is 0 Å². The van der Waals surface area contributed by atoms with E-state index < -0.39 is 23.4 Å². The first kappa shape index (κ1) is 19.3. The molecule has 0 saturated carbocycles. The summed E-state index contributed by atoms with van der Waals surface area (Å²) in [4.78, 5) is 22.5. The van der Waals surface area contributed by atoms with E-state index in [0.29, 0.717) is 5.69 Å². The number of carbonyl (C=O) groups is 1. The van der Waals surface area contributed by atoms with Gasteiger partial charge >= 0.3 is 12.4 Å². The summed E-state index contributed by atoms with van der Waals surface area (Å²) < 4.78 is 30.8. The van der Waals surface area contributed by atoms with Gasteiger partial charge in [0, 0.05) is 0 Å². The SMILES string of the molecule is Cc1ccc(OC(F)F)c(NC(=O)C(C)Cn2nc([N+](=O)[O-])cc2C)c1. The van der Waals surface area contributed by atoms with Crippen LogP contribution >= 0.6 is 0 Å². The largest absolute Gasteiger partial charge is 0.433 e. The molecule has 1 aromatic heterocycles. The maximum atomic E-state index is 12.5. The van der Waals surface area contributed by atoms with E-state index in [9.17, 15) is 23.7 Å². The second-order valence-corrected chi connectivity index (χ2v) is 5.85. The molecule has 1 aromatic carbocycles. The highest BCUT2D eigenvalue weighted by Crippen LogP contribution is 2.28. The van der Waals surface area contributed by atoms with Gasteiger partial charge in [-0.05, 0) is 36.5 Å². The van der Waals surface area contributed by atoms with Crippen molar-refractivity contribution in [1.29, 1.82) is 0 Å². The van der Waals surface area contributed by atoms with Crippen LogP contribution in [-0.4, -0.2) is 27.2 Å². The molecule has 1 amide bonds. The lowest BCUT2D eigenvalue weighted by molar-refractivity contribution is -0.389. The van der Waals surface area contributed by atoms with Gasteiger partial charge in [0.05, 0.1) is 35.0 Å². The number of rotatable bonds is 7. The number of alkyl halides is 2. The Morgan fingerprint density at radius 3 is 2.65 bits per heavy atom. The van der Waals surface area contributed by atoms with E-state index in [1.54, 1.807) is 26.8 Å². The summed E-state index contributed by atoms with van der Waals surface area (Å²) in [6.45, 7) is 2.07. The Bertz CT molecular complexity index is 823. The van der Waals surface area contributed by atoms with E-state index in [-0.39, 0.29) is 23.8 Å². The molecular weight excluding hydrogens is 350 g/mol. The molecule has 0 aliphatic rings. The number of nitrogens with one attached hydrogen (secondary N) is 1. The zero-order chi connectivity index (χ0) is 19.4. The predicted octanol–water partition coefficient (Wildman–Crippen LogP) is 3.28. The molecule has 1 N–H and O–H groups in total. The molecule has 2 aromatic rings. The lowest BCUT2D eigenvalue weighted by atomic mass is 10.1. The lowest BCUT2D eigenvalue weighted by Crippen LogP contribution is -2.25. The third-order valence-corrected chi connectivity index (χ3v) is 3.66. The van der Waals surface area contributed by atoms with Crippen molar-refractivity contribution in [3.05, 3.63) is 45.6 Å². The highest BCUT2D eigenvalue weighted by atomic mass is 19.3. The quantitative estimate of drug-likeness (QED) is 0.597. The van der Waals surface area contributed by atoms with E-state index in [4.69, 9.17) is 0 Å². The van der Waals surface area contributed by atoms with E-state index in [1.807, 2.05) is 0 Å². The molecule has 0 spiro atoms. The maximum Gasteiger partial charge on any atom is 0.390 e. The third kappa shape index (κ3) is 4.74. The molecule has 0 aliphatic carbocycles. The molecule has 8 nitrogen and oxygen atoms in total. The van der Waals surface area contributed by atoms with Crippen molar-refractivity contribution in [3.8, 4) is 5.75 Å². The Hall–Kier alpha value is -3.04. The molecule has 10 heteroatoms. The van der Waals surface area contributed by atoms with Crippen molar-refractivity contribution < 1.29 is 23.2 Å². The number of amides is 1. The standard InChI is InChI=1S/C16H18F2N4O4/c1-9-4-5-13(26-16(17)18)12(6-9)19-15(23)10(2)8-21-11(3)7-14(20-21)22(24)25/h4-7,10,16H,8H2,1-3H3,(H,19,23). The molecule has 0 bridgehead atoms. The van der Waals surface area contributed by atoms with Crippen molar-refractivity contribution >= 4 is 17.4 Å². The van der Waals surface area contributed by atoms with Gasteiger partial charge < -0.3 is 20.2 Å². The van der Waals surface area contributed by atoms with Gasteiger partial charge in [-0.15, -0.1) is 0 Å². The molecule has 0 fully saturated rings. The Balaban J connectivity index is 2.12. The third-order valence-electron chi connectivity index (χ3n) is 3.66. The summed E-state index contributed by atoms with van der Waals surface area (Å²) in [7, 11) is 0. The molecule has 1 heterocycles. The Kier molecular flexibility index (Phi) is 5.86. The van der Waals surface area contributed by atoms with Gasteiger partial charge in [0.25, 0.3) is 0 Å². The number of ether oxygens (including phenoxy) is 1. The fourth-order valence-electron chi connectivity index (χ4n) is 2.31. The van der Waals surface area contributed by atoms with Crippen LogP contribution in [0.2, 0.25) is 0 Å². The first-order chi connectivity index (χ1) is 12.2. The number of nitro groups is 1. The van der Waals surface area contributed by atoms with Gasteiger partial charge in [0.15, 0.2) is 0 Å². The minimum atomic E-state index is -3.02. The average molecular weight is 368 g/mol. The van der Waals surface area contributed by atoms with Gasteiger partial charge in [0.2, 0.25) is 5.91 Å². The van der Waals surface area contributed by atoms with Crippen LogP contribution in [0, 0.1) is 29.9 Å². The van der Waals surface area contributed by atoms with Crippen LogP contribution in [-0.2, 0) is 11.3 Å². The number of halogens is 2. The topological polar surface area (TPSA) is 99.3 Å². The molecular formula is C16H18F2N4O4. The zero-order valence-corrected chi connectivity index (χ0v) is 14.4. The number of aromatic nitrogens is 2. The van der Waals surface area contributed by atoms with Crippen LogP contribution < -0.4 is 10.1 Å². The van der Waals surface area contributed by atoms with E-state index in [2.05, 4.69) is 15.2 Å². The Morgan fingerprint density at radius 1 is 1.38 bits per heavy atom. The molecule has 0 aliphatic heterocycles. The Labute approximate surface area is 147 Å². The average Bonchev–Trinajstić information content (AvgIpc) is 2.91. The molecule has 0 saturated heterocycles. The molecule has 26 heavy (non-hydrogen) atoms. The molecule has 140 valence electrons. The smallest absolute Gasteiger partial charge is 0.390 e. The van der Waals surface area contributed by atoms with Crippen molar-refractivity contribution in [1.82, 2.24) is 9.78 Å². The van der Waals surface area contributed by atoms with Crippen molar-refractivity contribution in [2.75, 3.05) is 5.32 Å². The number of anilines is 1. The summed E-state index contributed by atoms with van der Waals surface area (Å²) in [5.41, 5.74) is 1.42. The van der Waals surface area contributed by atoms with Crippen LogP contribution in [0.1, 0.15) is 18.2 Å². The molecule has 1 atom stereocenters. The van der Waals surface area contributed by atoms with E-state index >= 15 is 0 Å². The van der Waals surface area contributed by atoms with Gasteiger partial charge in [-0.25, -0.2) is 0 Å². The summed E-state index contributed by atoms with van der Waals surface area (Å²) in [5.74, 6) is -1.51. The van der Waals surface area contributed by atoms with Gasteiger partial charge in [0.1, 0.15) is 5.75 Å². The number of hydrogen-bond donors (Lipinski definition) is 1. The fourth-order valence-corrected chi connectivity index (χ4v) is 2.31.